The van der Waals surface area contributed by atoms with Crippen LogP contribution in [0.15, 0.2) is 0 Å². The van der Waals surface area contributed by atoms with E-state index in [9.17, 15) is 0 Å². The first-order valence-electron chi connectivity index (χ1n) is 7.19. The van der Waals surface area contributed by atoms with Gasteiger partial charge in [0.2, 0.25) is 5.79 Å². The molecule has 0 amide bonds. The third-order valence-electron chi connectivity index (χ3n) is 4.72. The fourth-order valence-electron chi connectivity index (χ4n) is 2.13. The third-order valence-corrected chi connectivity index (χ3v) is 9.26. The standard InChI is InChI=1S/C14H28O3Si/c1-11-14(16-11)12(17-14)9-7-8-10-15-18(5,6)13(2,3)4/h11-12H,7-10H2,1-6H3. The molecule has 0 aliphatic carbocycles. The number of rotatable bonds is 6. The Morgan fingerprint density at radius 2 is 1.78 bits per heavy atom. The first-order chi connectivity index (χ1) is 8.19. The second-order valence-corrected chi connectivity index (χ2v) is 12.0. The molecule has 3 nitrogen and oxygen atoms in total. The first-order valence-corrected chi connectivity index (χ1v) is 10.1. The van der Waals surface area contributed by atoms with Crippen molar-refractivity contribution >= 4 is 8.32 Å². The number of ether oxygens (including phenoxy) is 2. The molecule has 0 aromatic carbocycles. The second-order valence-electron chi connectivity index (χ2n) is 7.19. The first kappa shape index (κ1) is 14.5. The number of hydrogen-bond donors (Lipinski definition) is 0. The summed E-state index contributed by atoms with van der Waals surface area (Å²) in [5, 5.41) is 0.313. The lowest BCUT2D eigenvalue weighted by Gasteiger charge is -2.36. The monoisotopic (exact) mass is 272 g/mol. The Kier molecular flexibility index (Phi) is 3.69. The molecule has 2 rings (SSSR count). The lowest BCUT2D eigenvalue weighted by Crippen LogP contribution is -2.40. The number of epoxide rings is 2. The van der Waals surface area contributed by atoms with Crippen LogP contribution in [0.4, 0.5) is 0 Å². The molecule has 0 bridgehead atoms. The molecule has 2 aliphatic rings. The average Bonchev–Trinajstić information content (AvgIpc) is 3.06. The molecule has 2 fully saturated rings. The quantitative estimate of drug-likeness (QED) is 0.420. The summed E-state index contributed by atoms with van der Waals surface area (Å²) in [6.45, 7) is 14.5. The van der Waals surface area contributed by atoms with E-state index in [1.807, 2.05) is 0 Å². The normalized spacial score (nSPS) is 35.0. The predicted molar refractivity (Wildman–Crippen MR) is 75.2 cm³/mol. The molecular weight excluding hydrogens is 244 g/mol. The van der Waals surface area contributed by atoms with Gasteiger partial charge in [-0.2, -0.15) is 0 Å². The zero-order valence-electron chi connectivity index (χ0n) is 12.7. The van der Waals surface area contributed by atoms with Crippen molar-refractivity contribution in [1.82, 2.24) is 0 Å². The lowest BCUT2D eigenvalue weighted by molar-refractivity contribution is 0.246. The van der Waals surface area contributed by atoms with Gasteiger partial charge in [0.25, 0.3) is 0 Å². The van der Waals surface area contributed by atoms with Crippen LogP contribution in [0.2, 0.25) is 18.1 Å². The largest absolute Gasteiger partial charge is 0.417 e. The van der Waals surface area contributed by atoms with Crippen LogP contribution in [0.3, 0.4) is 0 Å². The van der Waals surface area contributed by atoms with E-state index in [0.717, 1.165) is 19.4 Å². The summed E-state index contributed by atoms with van der Waals surface area (Å²) in [7, 11) is -1.55. The maximum absolute atomic E-state index is 6.15. The van der Waals surface area contributed by atoms with Crippen molar-refractivity contribution in [1.29, 1.82) is 0 Å². The molecule has 0 aromatic heterocycles. The summed E-state index contributed by atoms with van der Waals surface area (Å²) in [6.07, 6.45) is 4.12. The van der Waals surface area contributed by atoms with Crippen LogP contribution in [0.25, 0.3) is 0 Å². The average molecular weight is 272 g/mol. The summed E-state index contributed by atoms with van der Waals surface area (Å²) in [4.78, 5) is 0. The molecule has 3 atom stereocenters. The van der Waals surface area contributed by atoms with E-state index in [-0.39, 0.29) is 5.79 Å². The van der Waals surface area contributed by atoms with Gasteiger partial charge >= 0.3 is 0 Å². The molecule has 0 radical (unpaired) electrons. The summed E-state index contributed by atoms with van der Waals surface area (Å²) in [6, 6.07) is 0. The molecule has 3 unspecified atom stereocenters. The predicted octanol–water partition coefficient (Wildman–Crippen LogP) is 3.69. The Morgan fingerprint density at radius 3 is 2.22 bits per heavy atom. The Balaban J connectivity index is 1.54. The van der Waals surface area contributed by atoms with Gasteiger partial charge in [0.1, 0.15) is 12.2 Å². The van der Waals surface area contributed by atoms with Gasteiger partial charge in [-0.25, -0.2) is 0 Å². The van der Waals surface area contributed by atoms with Crippen molar-refractivity contribution in [3.05, 3.63) is 0 Å². The van der Waals surface area contributed by atoms with Gasteiger partial charge in [0.05, 0.1) is 0 Å². The fourth-order valence-corrected chi connectivity index (χ4v) is 3.22. The molecule has 2 saturated heterocycles. The number of hydrogen-bond acceptors (Lipinski definition) is 3. The summed E-state index contributed by atoms with van der Waals surface area (Å²) in [5.74, 6) is -0.139. The Labute approximate surface area is 112 Å². The fraction of sp³-hybridized carbons (Fsp3) is 1.00. The molecule has 0 saturated carbocycles. The van der Waals surface area contributed by atoms with Crippen LogP contribution in [0.1, 0.15) is 47.0 Å². The van der Waals surface area contributed by atoms with Crippen molar-refractivity contribution in [2.45, 2.75) is 83.1 Å². The highest BCUT2D eigenvalue weighted by molar-refractivity contribution is 6.74. The minimum Gasteiger partial charge on any atom is -0.417 e. The van der Waals surface area contributed by atoms with Crippen LogP contribution in [-0.4, -0.2) is 32.9 Å². The SMILES string of the molecule is CC1OC12OC2CCCCO[Si](C)(C)C(C)(C)C. The van der Waals surface area contributed by atoms with Crippen molar-refractivity contribution in [2.75, 3.05) is 6.61 Å². The highest BCUT2D eigenvalue weighted by Crippen LogP contribution is 2.56. The van der Waals surface area contributed by atoms with Gasteiger partial charge in [-0.05, 0) is 44.3 Å². The van der Waals surface area contributed by atoms with Gasteiger partial charge in [-0.1, -0.05) is 20.8 Å². The summed E-state index contributed by atoms with van der Waals surface area (Å²) < 4.78 is 17.2. The Hall–Kier alpha value is 0.0969. The van der Waals surface area contributed by atoms with Crippen molar-refractivity contribution < 1.29 is 13.9 Å². The molecular formula is C14H28O3Si. The van der Waals surface area contributed by atoms with Crippen LogP contribution in [-0.2, 0) is 13.9 Å². The third kappa shape index (κ3) is 2.82. The molecule has 0 aromatic rings. The second kappa shape index (κ2) is 4.58. The summed E-state index contributed by atoms with van der Waals surface area (Å²) in [5.41, 5.74) is 0. The maximum atomic E-state index is 6.15. The van der Waals surface area contributed by atoms with E-state index in [1.54, 1.807) is 0 Å². The van der Waals surface area contributed by atoms with Crippen LogP contribution >= 0.6 is 0 Å². The van der Waals surface area contributed by atoms with E-state index in [0.29, 0.717) is 17.2 Å². The van der Waals surface area contributed by atoms with Crippen LogP contribution in [0, 0.1) is 0 Å². The van der Waals surface area contributed by atoms with Crippen molar-refractivity contribution in [3.63, 3.8) is 0 Å². The molecule has 2 heterocycles. The minimum atomic E-state index is -1.55. The minimum absolute atomic E-state index is 0.139. The Bertz CT molecular complexity index is 311. The molecule has 2 aliphatic heterocycles. The van der Waals surface area contributed by atoms with E-state index >= 15 is 0 Å². The van der Waals surface area contributed by atoms with Gasteiger partial charge in [-0.15, -0.1) is 0 Å². The molecule has 1 spiro atoms. The summed E-state index contributed by atoms with van der Waals surface area (Å²) >= 11 is 0. The zero-order chi connectivity index (χ0) is 13.6. The van der Waals surface area contributed by atoms with E-state index in [1.165, 1.54) is 6.42 Å². The smallest absolute Gasteiger partial charge is 0.222 e. The molecule has 4 heteroatoms. The highest BCUT2D eigenvalue weighted by atomic mass is 28.4. The van der Waals surface area contributed by atoms with Gasteiger partial charge in [0.15, 0.2) is 8.32 Å². The van der Waals surface area contributed by atoms with Crippen LogP contribution < -0.4 is 0 Å². The van der Waals surface area contributed by atoms with Gasteiger partial charge < -0.3 is 13.9 Å². The zero-order valence-corrected chi connectivity index (χ0v) is 13.7. The topological polar surface area (TPSA) is 34.3 Å². The molecule has 0 N–H and O–H groups in total. The van der Waals surface area contributed by atoms with Gasteiger partial charge in [0, 0.05) is 6.61 Å². The maximum Gasteiger partial charge on any atom is 0.222 e. The van der Waals surface area contributed by atoms with Gasteiger partial charge in [-0.3, -0.25) is 0 Å². The Morgan fingerprint density at radius 1 is 1.17 bits per heavy atom. The molecule has 18 heavy (non-hydrogen) atoms. The number of unbranched alkanes of at least 4 members (excludes halogenated alkanes) is 1. The highest BCUT2D eigenvalue weighted by Gasteiger charge is 2.73. The van der Waals surface area contributed by atoms with Crippen molar-refractivity contribution in [2.24, 2.45) is 0 Å². The van der Waals surface area contributed by atoms with E-state index in [4.69, 9.17) is 13.9 Å². The lowest BCUT2D eigenvalue weighted by atomic mass is 10.1. The van der Waals surface area contributed by atoms with E-state index < -0.39 is 8.32 Å². The molecule has 106 valence electrons. The van der Waals surface area contributed by atoms with Crippen molar-refractivity contribution in [3.8, 4) is 0 Å². The van der Waals surface area contributed by atoms with Crippen LogP contribution in [0.5, 0.6) is 0 Å². The van der Waals surface area contributed by atoms with E-state index in [2.05, 4.69) is 40.8 Å².